The van der Waals surface area contributed by atoms with Crippen LogP contribution in [0.3, 0.4) is 0 Å². The third-order valence-corrected chi connectivity index (χ3v) is 3.58. The number of anilines is 1. The maximum atomic E-state index is 11.9. The second kappa shape index (κ2) is 5.11. The number of nitrogen functional groups attached to an aromatic ring is 1. The summed E-state index contributed by atoms with van der Waals surface area (Å²) in [7, 11) is 0. The molecule has 0 aromatic heterocycles. The fraction of sp³-hybridized carbons (Fsp3) is 0.250. The van der Waals surface area contributed by atoms with Crippen LogP contribution in [-0.2, 0) is 4.79 Å². The first-order valence-corrected chi connectivity index (χ1v) is 6.23. The number of benzene rings is 1. The van der Waals surface area contributed by atoms with Crippen molar-refractivity contribution in [2.45, 2.75) is 19.8 Å². The Bertz CT molecular complexity index is 620. The molecule has 1 aromatic rings. The van der Waals surface area contributed by atoms with E-state index < -0.39 is 0 Å². The van der Waals surface area contributed by atoms with Crippen LogP contribution in [0.25, 0.3) is 5.57 Å². The van der Waals surface area contributed by atoms with Crippen molar-refractivity contribution in [2.75, 3.05) is 5.73 Å². The van der Waals surface area contributed by atoms with Gasteiger partial charge in [-0.05, 0) is 49.1 Å². The quantitative estimate of drug-likeness (QED) is 0.664. The van der Waals surface area contributed by atoms with Gasteiger partial charge in [-0.2, -0.15) is 5.26 Å². The summed E-state index contributed by atoms with van der Waals surface area (Å²) in [5.74, 6) is 0.0699. The molecular formula is C16H16N2O. The van der Waals surface area contributed by atoms with Gasteiger partial charge in [0.2, 0.25) is 0 Å². The van der Waals surface area contributed by atoms with Crippen LogP contribution in [0.1, 0.15) is 29.5 Å². The van der Waals surface area contributed by atoms with E-state index in [2.05, 4.69) is 12.6 Å². The van der Waals surface area contributed by atoms with Gasteiger partial charge in [0.25, 0.3) is 0 Å². The maximum Gasteiger partial charge on any atom is 0.159 e. The van der Waals surface area contributed by atoms with Crippen molar-refractivity contribution < 1.29 is 4.79 Å². The number of nitrogens with two attached hydrogens (primary N) is 1. The second-order valence-electron chi connectivity index (χ2n) is 4.81. The Morgan fingerprint density at radius 2 is 2.32 bits per heavy atom. The van der Waals surface area contributed by atoms with Gasteiger partial charge in [-0.25, -0.2) is 0 Å². The summed E-state index contributed by atoms with van der Waals surface area (Å²) in [4.78, 5) is 11.9. The lowest BCUT2D eigenvalue weighted by molar-refractivity contribution is -0.117. The highest BCUT2D eigenvalue weighted by Gasteiger charge is 2.27. The number of nitriles is 1. The molecular weight excluding hydrogens is 236 g/mol. The molecule has 1 unspecified atom stereocenters. The van der Waals surface area contributed by atoms with E-state index in [9.17, 15) is 10.1 Å². The zero-order valence-electron chi connectivity index (χ0n) is 10.9. The predicted octanol–water partition coefficient (Wildman–Crippen LogP) is 3.00. The molecule has 2 rings (SSSR count). The van der Waals surface area contributed by atoms with Crippen molar-refractivity contribution in [2.24, 2.45) is 5.92 Å². The first-order chi connectivity index (χ1) is 9.08. The third-order valence-electron chi connectivity index (χ3n) is 3.58. The minimum atomic E-state index is -0.0418. The molecule has 1 atom stereocenters. The molecule has 96 valence electrons. The Morgan fingerprint density at radius 1 is 1.58 bits per heavy atom. The Hall–Kier alpha value is -2.34. The normalized spacial score (nSPS) is 18.0. The molecule has 0 spiro atoms. The lowest BCUT2D eigenvalue weighted by atomic mass is 9.91. The number of carbonyl (C=O) groups is 1. The smallest absolute Gasteiger partial charge is 0.159 e. The van der Waals surface area contributed by atoms with Gasteiger partial charge in [0.1, 0.15) is 0 Å². The maximum absolute atomic E-state index is 11.9. The van der Waals surface area contributed by atoms with Crippen molar-refractivity contribution in [3.05, 3.63) is 47.6 Å². The number of allylic oxidation sites excluding steroid dienone is 3. The zero-order valence-corrected chi connectivity index (χ0v) is 10.9. The molecule has 0 heterocycles. The number of nitrogens with zero attached hydrogens (tertiary/aromatic N) is 1. The minimum absolute atomic E-state index is 0.0418. The van der Waals surface area contributed by atoms with Crippen LogP contribution >= 0.6 is 0 Å². The van der Waals surface area contributed by atoms with Crippen molar-refractivity contribution in [1.29, 1.82) is 5.26 Å². The number of rotatable bonds is 3. The Balaban J connectivity index is 2.47. The summed E-state index contributed by atoms with van der Waals surface area (Å²) in [5, 5.41) is 9.21. The molecule has 0 radical (unpaired) electrons. The summed E-state index contributed by atoms with van der Waals surface area (Å²) < 4.78 is 0. The third kappa shape index (κ3) is 2.30. The Morgan fingerprint density at radius 3 is 2.95 bits per heavy atom. The van der Waals surface area contributed by atoms with Crippen molar-refractivity contribution in [3.63, 3.8) is 0 Å². The number of hydrogen-bond donors (Lipinski definition) is 1. The molecule has 0 aliphatic heterocycles. The molecule has 3 heteroatoms. The summed E-state index contributed by atoms with van der Waals surface area (Å²) in [6.45, 7) is 5.56. The molecule has 19 heavy (non-hydrogen) atoms. The topological polar surface area (TPSA) is 66.9 Å². The van der Waals surface area contributed by atoms with E-state index in [0.29, 0.717) is 24.1 Å². The lowest BCUT2D eigenvalue weighted by Gasteiger charge is -2.12. The van der Waals surface area contributed by atoms with Gasteiger partial charge in [-0.1, -0.05) is 6.08 Å². The number of carbonyl (C=O) groups excluding carboxylic acids is 1. The largest absolute Gasteiger partial charge is 0.398 e. The van der Waals surface area contributed by atoms with Gasteiger partial charge in [0, 0.05) is 17.2 Å². The SMILES string of the molecule is C=CCC1CC(c2c(C#N)ccc(N)c2C)=CC1=O. The van der Waals surface area contributed by atoms with E-state index in [4.69, 9.17) is 5.73 Å². The van der Waals surface area contributed by atoms with Crippen molar-refractivity contribution >= 4 is 17.0 Å². The highest BCUT2D eigenvalue weighted by molar-refractivity contribution is 6.04. The molecule has 1 aliphatic carbocycles. The molecule has 0 amide bonds. The van der Waals surface area contributed by atoms with Gasteiger partial charge in [0.15, 0.2) is 5.78 Å². The van der Waals surface area contributed by atoms with E-state index in [1.807, 2.05) is 6.92 Å². The van der Waals surface area contributed by atoms with Crippen LogP contribution in [0, 0.1) is 24.2 Å². The van der Waals surface area contributed by atoms with Crippen LogP contribution in [0.15, 0.2) is 30.9 Å². The van der Waals surface area contributed by atoms with E-state index in [0.717, 1.165) is 16.7 Å². The van der Waals surface area contributed by atoms with Gasteiger partial charge < -0.3 is 5.73 Å². The minimum Gasteiger partial charge on any atom is -0.398 e. The van der Waals surface area contributed by atoms with Gasteiger partial charge >= 0.3 is 0 Å². The van der Waals surface area contributed by atoms with Crippen LogP contribution < -0.4 is 5.73 Å². The standard InChI is InChI=1S/C16H16N2O/c1-3-4-11-7-13(8-15(11)19)16-10(2)14(18)6-5-12(16)9-17/h3,5-6,8,11H,1,4,7,18H2,2H3. The van der Waals surface area contributed by atoms with Gasteiger partial charge in [-0.15, -0.1) is 6.58 Å². The summed E-state index contributed by atoms with van der Waals surface area (Å²) in [6.07, 6.45) is 4.74. The molecule has 0 bridgehead atoms. The Kier molecular flexibility index (Phi) is 3.52. The molecule has 2 N–H and O–H groups in total. The van der Waals surface area contributed by atoms with Crippen LogP contribution in [0.5, 0.6) is 0 Å². The molecule has 0 saturated carbocycles. The van der Waals surface area contributed by atoms with Crippen molar-refractivity contribution in [1.82, 2.24) is 0 Å². The number of ketones is 1. The molecule has 3 nitrogen and oxygen atoms in total. The molecule has 0 saturated heterocycles. The van der Waals surface area contributed by atoms with E-state index >= 15 is 0 Å². The highest BCUT2D eigenvalue weighted by atomic mass is 16.1. The van der Waals surface area contributed by atoms with Gasteiger partial charge in [-0.3, -0.25) is 4.79 Å². The first-order valence-electron chi connectivity index (χ1n) is 6.23. The highest BCUT2D eigenvalue weighted by Crippen LogP contribution is 2.36. The van der Waals surface area contributed by atoms with Crippen LogP contribution in [0.2, 0.25) is 0 Å². The fourth-order valence-corrected chi connectivity index (χ4v) is 2.52. The van der Waals surface area contributed by atoms with Gasteiger partial charge in [0.05, 0.1) is 11.6 Å². The second-order valence-corrected chi connectivity index (χ2v) is 4.81. The average molecular weight is 252 g/mol. The fourth-order valence-electron chi connectivity index (χ4n) is 2.52. The van der Waals surface area contributed by atoms with Crippen LogP contribution in [0.4, 0.5) is 5.69 Å². The monoisotopic (exact) mass is 252 g/mol. The summed E-state index contributed by atoms with van der Waals surface area (Å²) in [6, 6.07) is 5.62. The average Bonchev–Trinajstić information content (AvgIpc) is 2.74. The van der Waals surface area contributed by atoms with E-state index in [1.54, 1.807) is 24.3 Å². The molecule has 1 aromatic carbocycles. The van der Waals surface area contributed by atoms with E-state index in [-0.39, 0.29) is 11.7 Å². The summed E-state index contributed by atoms with van der Waals surface area (Å²) in [5.41, 5.74) is 9.73. The van der Waals surface area contributed by atoms with E-state index in [1.165, 1.54) is 0 Å². The van der Waals surface area contributed by atoms with Crippen LogP contribution in [-0.4, -0.2) is 5.78 Å². The summed E-state index contributed by atoms with van der Waals surface area (Å²) >= 11 is 0. The lowest BCUT2D eigenvalue weighted by Crippen LogP contribution is -2.05. The Labute approximate surface area is 113 Å². The number of hydrogen-bond acceptors (Lipinski definition) is 3. The molecule has 1 aliphatic rings. The zero-order chi connectivity index (χ0) is 14.0. The predicted molar refractivity (Wildman–Crippen MR) is 76.2 cm³/mol. The molecule has 0 fully saturated rings. The first kappa shape index (κ1) is 13.1. The van der Waals surface area contributed by atoms with Crippen molar-refractivity contribution in [3.8, 4) is 6.07 Å².